The molecule has 2 aliphatic heterocycles. The zero-order chi connectivity index (χ0) is 14.9. The highest BCUT2D eigenvalue weighted by molar-refractivity contribution is 5.94. The van der Waals surface area contributed by atoms with Crippen LogP contribution >= 0.6 is 0 Å². The lowest BCUT2D eigenvalue weighted by atomic mass is 9.85. The van der Waals surface area contributed by atoms with Crippen LogP contribution in [0, 0.1) is 6.92 Å². The van der Waals surface area contributed by atoms with Crippen LogP contribution in [0.5, 0.6) is 0 Å². The number of amides is 1. The van der Waals surface area contributed by atoms with Gasteiger partial charge < -0.3 is 9.64 Å². The molecule has 1 spiro atoms. The average molecular weight is 289 g/mol. The van der Waals surface area contributed by atoms with E-state index < -0.39 is 0 Å². The molecule has 114 valence electrons. The summed E-state index contributed by atoms with van der Waals surface area (Å²) in [5.41, 5.74) is 1.75. The predicted molar refractivity (Wildman–Crippen MR) is 80.3 cm³/mol. The fourth-order valence-corrected chi connectivity index (χ4v) is 3.24. The predicted octanol–water partition coefficient (Wildman–Crippen LogP) is 1.33. The molecular weight excluding hydrogens is 266 g/mol. The summed E-state index contributed by atoms with van der Waals surface area (Å²) in [5.74, 6) is 0.0942. The Kier molecular flexibility index (Phi) is 3.95. The zero-order valence-corrected chi connectivity index (χ0v) is 12.8. The topological polar surface area (TPSA) is 45.7 Å². The number of carbonyl (C=O) groups excluding carboxylic acids is 1. The van der Waals surface area contributed by atoms with Crippen molar-refractivity contribution in [3.05, 3.63) is 29.6 Å². The summed E-state index contributed by atoms with van der Waals surface area (Å²) in [6.45, 7) is 6.10. The molecule has 5 heteroatoms. The number of aryl methyl sites for hydroxylation is 1. The van der Waals surface area contributed by atoms with E-state index in [2.05, 4.69) is 16.9 Å². The number of hydrogen-bond donors (Lipinski definition) is 0. The Morgan fingerprint density at radius 1 is 1.29 bits per heavy atom. The molecule has 3 heterocycles. The molecule has 2 saturated heterocycles. The fraction of sp³-hybridized carbons (Fsp3) is 0.625. The van der Waals surface area contributed by atoms with E-state index in [4.69, 9.17) is 4.74 Å². The maximum absolute atomic E-state index is 12.5. The van der Waals surface area contributed by atoms with Gasteiger partial charge >= 0.3 is 0 Å². The van der Waals surface area contributed by atoms with Gasteiger partial charge in [0, 0.05) is 37.1 Å². The lowest BCUT2D eigenvalue weighted by Gasteiger charge is -2.49. The number of morpholine rings is 1. The Bertz CT molecular complexity index is 507. The third kappa shape index (κ3) is 2.80. The van der Waals surface area contributed by atoms with E-state index in [1.54, 1.807) is 6.20 Å². The maximum atomic E-state index is 12.5. The molecule has 0 aromatic carbocycles. The van der Waals surface area contributed by atoms with E-state index in [-0.39, 0.29) is 11.4 Å². The Morgan fingerprint density at radius 2 is 2.05 bits per heavy atom. The van der Waals surface area contributed by atoms with Crippen molar-refractivity contribution in [1.82, 2.24) is 14.8 Å². The third-order valence-electron chi connectivity index (χ3n) is 4.89. The first-order chi connectivity index (χ1) is 10.1. The van der Waals surface area contributed by atoms with Crippen molar-refractivity contribution in [1.29, 1.82) is 0 Å². The summed E-state index contributed by atoms with van der Waals surface area (Å²) in [7, 11) is 2.17. The summed E-state index contributed by atoms with van der Waals surface area (Å²) >= 11 is 0. The lowest BCUT2D eigenvalue weighted by molar-refractivity contribution is -0.0796. The van der Waals surface area contributed by atoms with Gasteiger partial charge in [0.15, 0.2) is 0 Å². The molecule has 0 N–H and O–H groups in total. The molecule has 2 aliphatic rings. The SMILES string of the molecule is Cc1ccc(C(=O)N2CCC3(CC2)COCCN3C)cn1. The Labute approximate surface area is 125 Å². The van der Waals surface area contributed by atoms with Crippen LogP contribution in [0.1, 0.15) is 28.9 Å². The second-order valence-corrected chi connectivity index (χ2v) is 6.18. The molecule has 1 amide bonds. The summed E-state index contributed by atoms with van der Waals surface area (Å²) in [6, 6.07) is 3.76. The van der Waals surface area contributed by atoms with Crippen LogP contribution in [0.3, 0.4) is 0 Å². The number of pyridine rings is 1. The zero-order valence-electron chi connectivity index (χ0n) is 12.8. The van der Waals surface area contributed by atoms with E-state index in [0.29, 0.717) is 5.56 Å². The Morgan fingerprint density at radius 3 is 2.67 bits per heavy atom. The van der Waals surface area contributed by atoms with Gasteiger partial charge in [-0.1, -0.05) is 0 Å². The molecule has 2 fully saturated rings. The van der Waals surface area contributed by atoms with Crippen molar-refractivity contribution in [2.24, 2.45) is 0 Å². The van der Waals surface area contributed by atoms with Gasteiger partial charge in [-0.2, -0.15) is 0 Å². The van der Waals surface area contributed by atoms with Crippen molar-refractivity contribution in [3.63, 3.8) is 0 Å². The first kappa shape index (κ1) is 14.5. The number of nitrogens with zero attached hydrogens (tertiary/aromatic N) is 3. The highest BCUT2D eigenvalue weighted by Gasteiger charge is 2.41. The maximum Gasteiger partial charge on any atom is 0.255 e. The monoisotopic (exact) mass is 289 g/mol. The van der Waals surface area contributed by atoms with Gasteiger partial charge in [0.25, 0.3) is 5.91 Å². The number of hydrogen-bond acceptors (Lipinski definition) is 4. The quantitative estimate of drug-likeness (QED) is 0.782. The van der Waals surface area contributed by atoms with E-state index in [1.807, 2.05) is 24.0 Å². The number of likely N-dealkylation sites (tertiary alicyclic amines) is 1. The summed E-state index contributed by atoms with van der Waals surface area (Å²) in [4.78, 5) is 21.1. The van der Waals surface area contributed by atoms with Crippen molar-refractivity contribution in [2.45, 2.75) is 25.3 Å². The minimum Gasteiger partial charge on any atom is -0.378 e. The molecule has 3 rings (SSSR count). The van der Waals surface area contributed by atoms with Crippen LogP contribution in [-0.4, -0.2) is 66.1 Å². The van der Waals surface area contributed by atoms with Crippen LogP contribution in [0.2, 0.25) is 0 Å². The highest BCUT2D eigenvalue weighted by atomic mass is 16.5. The van der Waals surface area contributed by atoms with Gasteiger partial charge in [0.2, 0.25) is 0 Å². The molecule has 21 heavy (non-hydrogen) atoms. The fourth-order valence-electron chi connectivity index (χ4n) is 3.24. The molecule has 0 aliphatic carbocycles. The third-order valence-corrected chi connectivity index (χ3v) is 4.89. The van der Waals surface area contributed by atoms with Gasteiger partial charge in [-0.25, -0.2) is 0 Å². The number of carbonyl (C=O) groups is 1. The minimum absolute atomic E-state index is 0.0942. The van der Waals surface area contributed by atoms with Crippen molar-refractivity contribution >= 4 is 5.91 Å². The molecule has 1 aromatic heterocycles. The average Bonchev–Trinajstić information content (AvgIpc) is 2.51. The molecular formula is C16H23N3O2. The van der Waals surface area contributed by atoms with E-state index >= 15 is 0 Å². The first-order valence-corrected chi connectivity index (χ1v) is 7.62. The Hall–Kier alpha value is -1.46. The van der Waals surface area contributed by atoms with Gasteiger partial charge in [-0.15, -0.1) is 0 Å². The number of likely N-dealkylation sites (N-methyl/N-ethyl adjacent to an activating group) is 1. The van der Waals surface area contributed by atoms with Crippen molar-refractivity contribution in [2.75, 3.05) is 39.9 Å². The summed E-state index contributed by atoms with van der Waals surface area (Å²) in [5, 5.41) is 0. The molecule has 1 aromatic rings. The molecule has 0 atom stereocenters. The van der Waals surface area contributed by atoms with Crippen LogP contribution in [0.4, 0.5) is 0 Å². The molecule has 0 bridgehead atoms. The van der Waals surface area contributed by atoms with Crippen LogP contribution in [-0.2, 0) is 4.74 Å². The summed E-state index contributed by atoms with van der Waals surface area (Å²) in [6.07, 6.45) is 3.64. The van der Waals surface area contributed by atoms with E-state index in [1.165, 1.54) is 0 Å². The van der Waals surface area contributed by atoms with Crippen molar-refractivity contribution < 1.29 is 9.53 Å². The normalized spacial score (nSPS) is 22.5. The standard InChI is InChI=1S/C16H23N3O2/c1-13-3-4-14(11-17-13)15(20)19-7-5-16(6-8-19)12-21-10-9-18(16)2/h3-4,11H,5-10,12H2,1-2H3. The first-order valence-electron chi connectivity index (χ1n) is 7.62. The summed E-state index contributed by atoms with van der Waals surface area (Å²) < 4.78 is 5.67. The minimum atomic E-state index is 0.0942. The molecule has 0 radical (unpaired) electrons. The van der Waals surface area contributed by atoms with Gasteiger partial charge in [-0.3, -0.25) is 14.7 Å². The number of aromatic nitrogens is 1. The van der Waals surface area contributed by atoms with Gasteiger partial charge in [-0.05, 0) is 38.9 Å². The molecule has 0 unspecified atom stereocenters. The van der Waals surface area contributed by atoms with Gasteiger partial charge in [0.1, 0.15) is 0 Å². The lowest BCUT2D eigenvalue weighted by Crippen LogP contribution is -2.60. The smallest absolute Gasteiger partial charge is 0.255 e. The van der Waals surface area contributed by atoms with E-state index in [0.717, 1.165) is 51.4 Å². The van der Waals surface area contributed by atoms with E-state index in [9.17, 15) is 4.79 Å². The Balaban J connectivity index is 1.65. The molecule has 0 saturated carbocycles. The van der Waals surface area contributed by atoms with Crippen molar-refractivity contribution in [3.8, 4) is 0 Å². The molecule has 5 nitrogen and oxygen atoms in total. The number of ether oxygens (including phenoxy) is 1. The van der Waals surface area contributed by atoms with Crippen LogP contribution in [0.15, 0.2) is 18.3 Å². The number of piperidine rings is 1. The van der Waals surface area contributed by atoms with Crippen LogP contribution < -0.4 is 0 Å². The van der Waals surface area contributed by atoms with Crippen LogP contribution in [0.25, 0.3) is 0 Å². The second kappa shape index (κ2) is 5.73. The highest BCUT2D eigenvalue weighted by Crippen LogP contribution is 2.31. The number of rotatable bonds is 1. The van der Waals surface area contributed by atoms with Gasteiger partial charge in [0.05, 0.1) is 18.8 Å². The largest absolute Gasteiger partial charge is 0.378 e. The second-order valence-electron chi connectivity index (χ2n) is 6.18.